The number of fused-ring (bicyclic) bond motifs is 1. The van der Waals surface area contributed by atoms with Crippen molar-refractivity contribution in [1.29, 1.82) is 0 Å². The summed E-state index contributed by atoms with van der Waals surface area (Å²) in [5.41, 5.74) is 1.42. The van der Waals surface area contributed by atoms with Crippen molar-refractivity contribution >= 4 is 23.4 Å². The first-order valence-corrected chi connectivity index (χ1v) is 9.43. The summed E-state index contributed by atoms with van der Waals surface area (Å²) in [6, 6.07) is 8.89. The number of carbonyl (C=O) groups excluding carboxylic acids is 2. The molecule has 0 radical (unpaired) electrons. The molecule has 1 aromatic heterocycles. The van der Waals surface area contributed by atoms with E-state index in [0.717, 1.165) is 18.4 Å². The number of carbonyl (C=O) groups is 2. The van der Waals surface area contributed by atoms with E-state index in [1.54, 1.807) is 11.0 Å². The third-order valence-electron chi connectivity index (χ3n) is 4.44. The Morgan fingerprint density at radius 2 is 2.26 bits per heavy atom. The maximum Gasteiger partial charge on any atom is 0.274 e. The fraction of sp³-hybridized carbons (Fsp3) is 0.421. The summed E-state index contributed by atoms with van der Waals surface area (Å²) < 4.78 is 1.40. The van der Waals surface area contributed by atoms with Gasteiger partial charge in [-0.1, -0.05) is 37.1 Å². The number of rotatable bonds is 6. The Hall–Kier alpha value is -2.38. The fourth-order valence-electron chi connectivity index (χ4n) is 3.03. The molecule has 2 aromatic rings. The van der Waals surface area contributed by atoms with Crippen LogP contribution in [0.15, 0.2) is 30.3 Å². The summed E-state index contributed by atoms with van der Waals surface area (Å²) in [6.45, 7) is 3.40. The van der Waals surface area contributed by atoms with Gasteiger partial charge in [0, 0.05) is 30.7 Å². The highest BCUT2D eigenvalue weighted by atomic mass is 35.5. The van der Waals surface area contributed by atoms with E-state index in [2.05, 4.69) is 17.3 Å². The zero-order chi connectivity index (χ0) is 19.4. The van der Waals surface area contributed by atoms with Gasteiger partial charge in [-0.15, -0.1) is 0 Å². The molecule has 0 saturated carbocycles. The standard InChI is InChI=1S/C19H23ClN4O3/c1-2-3-7-23(11-13-5-4-6-14(20)8-13)19(27)16-9-17-18(26)21-10-15(25)12-24(17)22-16/h4-6,8-9,15,25H,2-3,7,10-12H2,1H3,(H,21,26). The molecule has 0 bridgehead atoms. The number of halogens is 1. The Kier molecular flexibility index (Phi) is 6.13. The van der Waals surface area contributed by atoms with Crippen LogP contribution in [0.1, 0.15) is 46.3 Å². The van der Waals surface area contributed by atoms with Crippen molar-refractivity contribution in [2.24, 2.45) is 0 Å². The molecule has 0 spiro atoms. The molecule has 2 heterocycles. The van der Waals surface area contributed by atoms with Gasteiger partial charge in [-0.3, -0.25) is 14.3 Å². The van der Waals surface area contributed by atoms with E-state index in [1.165, 1.54) is 10.7 Å². The van der Waals surface area contributed by atoms with Gasteiger partial charge in [-0.2, -0.15) is 5.10 Å². The van der Waals surface area contributed by atoms with Crippen LogP contribution < -0.4 is 5.32 Å². The number of benzene rings is 1. The van der Waals surface area contributed by atoms with E-state index in [9.17, 15) is 14.7 Å². The van der Waals surface area contributed by atoms with Crippen molar-refractivity contribution in [3.8, 4) is 0 Å². The Morgan fingerprint density at radius 1 is 1.44 bits per heavy atom. The second-order valence-electron chi connectivity index (χ2n) is 6.67. The molecule has 0 saturated heterocycles. The maximum absolute atomic E-state index is 13.1. The number of β-amino-alcohol motifs (C(OH)–C–C–N with tert-alkyl or cyclic N) is 1. The lowest BCUT2D eigenvalue weighted by atomic mass is 10.2. The van der Waals surface area contributed by atoms with Crippen LogP contribution in [-0.4, -0.2) is 50.8 Å². The van der Waals surface area contributed by atoms with Crippen molar-refractivity contribution < 1.29 is 14.7 Å². The van der Waals surface area contributed by atoms with Gasteiger partial charge in [0.25, 0.3) is 11.8 Å². The van der Waals surface area contributed by atoms with Crippen LogP contribution >= 0.6 is 11.6 Å². The molecule has 1 atom stereocenters. The van der Waals surface area contributed by atoms with Crippen LogP contribution in [0.2, 0.25) is 5.02 Å². The number of aliphatic hydroxyl groups is 1. The highest BCUT2D eigenvalue weighted by Gasteiger charge is 2.26. The Labute approximate surface area is 162 Å². The van der Waals surface area contributed by atoms with Crippen LogP contribution in [0.3, 0.4) is 0 Å². The highest BCUT2D eigenvalue weighted by Crippen LogP contribution is 2.16. The molecule has 7 nitrogen and oxygen atoms in total. The first kappa shape index (κ1) is 19.4. The van der Waals surface area contributed by atoms with Gasteiger partial charge >= 0.3 is 0 Å². The minimum atomic E-state index is -0.735. The fourth-order valence-corrected chi connectivity index (χ4v) is 3.24. The second-order valence-corrected chi connectivity index (χ2v) is 7.11. The first-order valence-electron chi connectivity index (χ1n) is 9.05. The second kappa shape index (κ2) is 8.54. The zero-order valence-corrected chi connectivity index (χ0v) is 15.9. The molecule has 2 amide bonds. The minimum Gasteiger partial charge on any atom is -0.389 e. The summed E-state index contributed by atoms with van der Waals surface area (Å²) in [5, 5.41) is 17.4. The highest BCUT2D eigenvalue weighted by molar-refractivity contribution is 6.30. The summed E-state index contributed by atoms with van der Waals surface area (Å²) >= 11 is 6.06. The van der Waals surface area contributed by atoms with Gasteiger partial charge in [-0.05, 0) is 24.1 Å². The normalized spacial score (nSPS) is 16.4. The van der Waals surface area contributed by atoms with Crippen molar-refractivity contribution in [1.82, 2.24) is 20.0 Å². The number of nitrogens with zero attached hydrogens (tertiary/aromatic N) is 3. The van der Waals surface area contributed by atoms with Gasteiger partial charge in [0.05, 0.1) is 12.6 Å². The number of hydrogen-bond acceptors (Lipinski definition) is 4. The quantitative estimate of drug-likeness (QED) is 0.790. The van der Waals surface area contributed by atoms with E-state index in [-0.39, 0.29) is 36.3 Å². The van der Waals surface area contributed by atoms with E-state index in [1.807, 2.05) is 18.2 Å². The van der Waals surface area contributed by atoms with Gasteiger partial charge in [0.1, 0.15) is 5.69 Å². The van der Waals surface area contributed by atoms with E-state index >= 15 is 0 Å². The van der Waals surface area contributed by atoms with E-state index < -0.39 is 6.10 Å². The number of aliphatic hydroxyl groups excluding tert-OH is 1. The third kappa shape index (κ3) is 4.67. The van der Waals surface area contributed by atoms with Crippen LogP contribution in [0, 0.1) is 0 Å². The molecule has 144 valence electrons. The van der Waals surface area contributed by atoms with Crippen LogP contribution in [0.5, 0.6) is 0 Å². The average Bonchev–Trinajstić information content (AvgIpc) is 3.01. The van der Waals surface area contributed by atoms with Crippen molar-refractivity contribution in [2.75, 3.05) is 13.1 Å². The van der Waals surface area contributed by atoms with Crippen LogP contribution in [0.25, 0.3) is 0 Å². The van der Waals surface area contributed by atoms with Crippen LogP contribution in [0.4, 0.5) is 0 Å². The lowest BCUT2D eigenvalue weighted by Gasteiger charge is -2.22. The lowest BCUT2D eigenvalue weighted by Crippen LogP contribution is -2.32. The topological polar surface area (TPSA) is 87.5 Å². The average molecular weight is 391 g/mol. The first-order chi connectivity index (χ1) is 13.0. The predicted octanol–water partition coefficient (Wildman–Crippen LogP) is 2.08. The molecule has 1 unspecified atom stereocenters. The zero-order valence-electron chi connectivity index (χ0n) is 15.2. The SMILES string of the molecule is CCCCN(Cc1cccc(Cl)c1)C(=O)c1cc2n(n1)CC(O)CNC2=O. The summed E-state index contributed by atoms with van der Waals surface area (Å²) in [5.74, 6) is -0.584. The summed E-state index contributed by atoms with van der Waals surface area (Å²) in [4.78, 5) is 26.9. The maximum atomic E-state index is 13.1. The summed E-state index contributed by atoms with van der Waals surface area (Å²) in [7, 11) is 0. The number of hydrogen-bond donors (Lipinski definition) is 2. The predicted molar refractivity (Wildman–Crippen MR) is 102 cm³/mol. The molecule has 3 rings (SSSR count). The van der Waals surface area contributed by atoms with Gasteiger partial charge in [-0.25, -0.2) is 0 Å². The molecular formula is C19H23ClN4O3. The van der Waals surface area contributed by atoms with Crippen LogP contribution in [-0.2, 0) is 13.1 Å². The molecular weight excluding hydrogens is 368 g/mol. The monoisotopic (exact) mass is 390 g/mol. The third-order valence-corrected chi connectivity index (χ3v) is 4.68. The van der Waals surface area contributed by atoms with Gasteiger partial charge < -0.3 is 15.3 Å². The van der Waals surface area contributed by atoms with Crippen molar-refractivity contribution in [2.45, 2.75) is 39.0 Å². The molecule has 1 aliphatic heterocycles. The lowest BCUT2D eigenvalue weighted by molar-refractivity contribution is 0.0732. The van der Waals surface area contributed by atoms with Gasteiger partial charge in [0.2, 0.25) is 0 Å². The smallest absolute Gasteiger partial charge is 0.274 e. The molecule has 2 N–H and O–H groups in total. The van der Waals surface area contributed by atoms with Crippen molar-refractivity contribution in [3.63, 3.8) is 0 Å². The molecule has 0 fully saturated rings. The van der Waals surface area contributed by atoms with E-state index in [0.29, 0.717) is 18.1 Å². The summed E-state index contributed by atoms with van der Waals surface area (Å²) in [6.07, 6.45) is 1.08. The molecule has 27 heavy (non-hydrogen) atoms. The largest absolute Gasteiger partial charge is 0.389 e. The molecule has 0 aliphatic carbocycles. The molecule has 1 aliphatic rings. The Morgan fingerprint density at radius 3 is 3.00 bits per heavy atom. The molecule has 1 aromatic carbocycles. The minimum absolute atomic E-state index is 0.170. The Bertz CT molecular complexity index is 836. The molecule has 8 heteroatoms. The van der Waals surface area contributed by atoms with E-state index in [4.69, 9.17) is 11.6 Å². The number of amides is 2. The number of unbranched alkanes of at least 4 members (excludes halogenated alkanes) is 1. The number of nitrogens with one attached hydrogen (secondary N) is 1. The van der Waals surface area contributed by atoms with Gasteiger partial charge in [0.15, 0.2) is 5.69 Å². The van der Waals surface area contributed by atoms with Crippen molar-refractivity contribution in [3.05, 3.63) is 52.3 Å². The Balaban J connectivity index is 1.84. The number of aromatic nitrogens is 2.